The molecule has 15 heavy (non-hydrogen) atoms. The van der Waals surface area contributed by atoms with Gasteiger partial charge in [-0.25, -0.2) is 0 Å². The number of primary amides is 1. The number of carbonyl (C=O) groups excluding carboxylic acids is 1. The molecule has 0 saturated heterocycles. The van der Waals surface area contributed by atoms with Crippen LogP contribution in [0.2, 0.25) is 0 Å². The van der Waals surface area contributed by atoms with E-state index < -0.39 is 12.0 Å². The van der Waals surface area contributed by atoms with Crippen molar-refractivity contribution < 1.29 is 19.4 Å². The number of hydrogen-bond acceptors (Lipinski definition) is 4. The maximum Gasteiger partial charge on any atom is 0.250 e. The highest BCUT2D eigenvalue weighted by Gasteiger charge is 2.18. The van der Waals surface area contributed by atoms with E-state index in [4.69, 9.17) is 15.2 Å². The molecular weight excluding hydrogens is 198 g/mol. The fraction of sp³-hybridized carbons (Fsp3) is 0.300. The Hall–Kier alpha value is -1.75. The molecule has 0 aliphatic carbocycles. The van der Waals surface area contributed by atoms with Gasteiger partial charge < -0.3 is 20.3 Å². The van der Waals surface area contributed by atoms with Gasteiger partial charge in [0.25, 0.3) is 5.91 Å². The molecule has 0 saturated carbocycles. The molecule has 1 aliphatic rings. The highest BCUT2D eigenvalue weighted by atomic mass is 16.6. The maximum absolute atomic E-state index is 10.8. The highest BCUT2D eigenvalue weighted by Crippen LogP contribution is 2.32. The van der Waals surface area contributed by atoms with Gasteiger partial charge in [0.2, 0.25) is 0 Å². The average Bonchev–Trinajstić information content (AvgIpc) is 2.27. The Bertz CT molecular complexity index is 391. The monoisotopic (exact) mass is 209 g/mol. The van der Waals surface area contributed by atoms with E-state index in [1.807, 2.05) is 0 Å². The summed E-state index contributed by atoms with van der Waals surface area (Å²) in [6.45, 7) is 0.966. The van der Waals surface area contributed by atoms with Crippen molar-refractivity contribution in [1.82, 2.24) is 0 Å². The molecule has 1 aliphatic heterocycles. The Labute approximate surface area is 86.4 Å². The fourth-order valence-corrected chi connectivity index (χ4v) is 1.39. The first kappa shape index (κ1) is 9.79. The standard InChI is InChI=1S/C10H11NO4/c11-10(13)9(12)6-1-2-7-8(5-6)15-4-3-14-7/h1-2,5,9,12H,3-4H2,(H2,11,13). The maximum atomic E-state index is 10.8. The predicted molar refractivity (Wildman–Crippen MR) is 51.6 cm³/mol. The van der Waals surface area contributed by atoms with Crippen LogP contribution < -0.4 is 15.2 Å². The van der Waals surface area contributed by atoms with E-state index in [1.165, 1.54) is 0 Å². The quantitative estimate of drug-likeness (QED) is 0.717. The Kier molecular flexibility index (Phi) is 2.47. The van der Waals surface area contributed by atoms with E-state index in [-0.39, 0.29) is 0 Å². The van der Waals surface area contributed by atoms with Crippen molar-refractivity contribution >= 4 is 5.91 Å². The van der Waals surface area contributed by atoms with E-state index in [9.17, 15) is 9.90 Å². The van der Waals surface area contributed by atoms with Crippen molar-refractivity contribution in [1.29, 1.82) is 0 Å². The molecule has 3 N–H and O–H groups in total. The lowest BCUT2D eigenvalue weighted by molar-refractivity contribution is -0.126. The van der Waals surface area contributed by atoms with Crippen molar-refractivity contribution in [3.8, 4) is 11.5 Å². The smallest absolute Gasteiger partial charge is 0.250 e. The SMILES string of the molecule is NC(=O)C(O)c1ccc2c(c1)OCCO2. The van der Waals surface area contributed by atoms with Crippen molar-refractivity contribution in [2.75, 3.05) is 13.2 Å². The minimum absolute atomic E-state index is 0.409. The molecule has 1 amide bonds. The first-order chi connectivity index (χ1) is 7.18. The number of rotatable bonds is 2. The molecule has 2 rings (SSSR count). The third-order valence-corrected chi connectivity index (χ3v) is 2.15. The molecule has 1 aromatic carbocycles. The summed E-state index contributed by atoms with van der Waals surface area (Å²) in [5, 5.41) is 9.43. The largest absolute Gasteiger partial charge is 0.486 e. The summed E-state index contributed by atoms with van der Waals surface area (Å²) in [5.74, 6) is 0.354. The summed E-state index contributed by atoms with van der Waals surface area (Å²) >= 11 is 0. The Balaban J connectivity index is 2.31. The minimum Gasteiger partial charge on any atom is -0.486 e. The molecule has 1 aromatic rings. The third kappa shape index (κ3) is 1.87. The molecule has 0 fully saturated rings. The van der Waals surface area contributed by atoms with E-state index >= 15 is 0 Å². The molecule has 1 heterocycles. The number of nitrogens with two attached hydrogens (primary N) is 1. The van der Waals surface area contributed by atoms with Crippen molar-refractivity contribution in [3.05, 3.63) is 23.8 Å². The van der Waals surface area contributed by atoms with Gasteiger partial charge in [-0.2, -0.15) is 0 Å². The number of aliphatic hydroxyl groups is 1. The summed E-state index contributed by atoms with van der Waals surface area (Å²) in [6, 6.07) is 4.79. The van der Waals surface area contributed by atoms with Gasteiger partial charge in [-0.05, 0) is 17.7 Å². The zero-order chi connectivity index (χ0) is 10.8. The number of aliphatic hydroxyl groups excluding tert-OH is 1. The predicted octanol–water partition coefficient (Wildman–Crippen LogP) is -0.0235. The van der Waals surface area contributed by atoms with Gasteiger partial charge in [-0.1, -0.05) is 6.07 Å². The summed E-state index contributed by atoms with van der Waals surface area (Å²) in [7, 11) is 0. The van der Waals surface area contributed by atoms with Crippen molar-refractivity contribution in [3.63, 3.8) is 0 Å². The molecule has 0 radical (unpaired) electrons. The second kappa shape index (κ2) is 3.78. The Morgan fingerprint density at radius 3 is 2.67 bits per heavy atom. The number of benzene rings is 1. The molecular formula is C10H11NO4. The van der Waals surface area contributed by atoms with Crippen LogP contribution in [0.1, 0.15) is 11.7 Å². The fourth-order valence-electron chi connectivity index (χ4n) is 1.39. The lowest BCUT2D eigenvalue weighted by Gasteiger charge is -2.19. The summed E-state index contributed by atoms with van der Waals surface area (Å²) < 4.78 is 10.6. The number of ether oxygens (including phenoxy) is 2. The van der Waals surface area contributed by atoms with Crippen LogP contribution >= 0.6 is 0 Å². The zero-order valence-corrected chi connectivity index (χ0v) is 7.97. The molecule has 5 heteroatoms. The van der Waals surface area contributed by atoms with Crippen molar-refractivity contribution in [2.24, 2.45) is 5.73 Å². The van der Waals surface area contributed by atoms with E-state index in [2.05, 4.69) is 0 Å². The molecule has 0 aromatic heterocycles. The molecule has 5 nitrogen and oxygen atoms in total. The van der Waals surface area contributed by atoms with Crippen LogP contribution in [0, 0.1) is 0 Å². The van der Waals surface area contributed by atoms with Gasteiger partial charge in [-0.15, -0.1) is 0 Å². The van der Waals surface area contributed by atoms with Gasteiger partial charge in [0.1, 0.15) is 13.2 Å². The first-order valence-electron chi connectivity index (χ1n) is 4.55. The molecule has 1 unspecified atom stereocenters. The number of fused-ring (bicyclic) bond motifs is 1. The molecule has 1 atom stereocenters. The van der Waals surface area contributed by atoms with Crippen molar-refractivity contribution in [2.45, 2.75) is 6.10 Å². The van der Waals surface area contributed by atoms with Gasteiger partial charge in [0.15, 0.2) is 17.6 Å². The van der Waals surface area contributed by atoms with Crippen LogP contribution in [0.5, 0.6) is 11.5 Å². The van der Waals surface area contributed by atoms with Crippen LogP contribution in [0.25, 0.3) is 0 Å². The van der Waals surface area contributed by atoms with Crippen LogP contribution in [-0.2, 0) is 4.79 Å². The van der Waals surface area contributed by atoms with Crippen LogP contribution in [-0.4, -0.2) is 24.2 Å². The Morgan fingerprint density at radius 2 is 2.00 bits per heavy atom. The van der Waals surface area contributed by atoms with E-state index in [0.29, 0.717) is 30.3 Å². The lowest BCUT2D eigenvalue weighted by atomic mass is 10.1. The second-order valence-electron chi connectivity index (χ2n) is 3.21. The topological polar surface area (TPSA) is 81.8 Å². The van der Waals surface area contributed by atoms with E-state index in [0.717, 1.165) is 0 Å². The van der Waals surface area contributed by atoms with Gasteiger partial charge in [0.05, 0.1) is 0 Å². The molecule has 80 valence electrons. The summed E-state index contributed by atoms with van der Waals surface area (Å²) in [6.07, 6.45) is -1.30. The number of amides is 1. The molecule has 0 bridgehead atoms. The first-order valence-corrected chi connectivity index (χ1v) is 4.55. The van der Waals surface area contributed by atoms with Gasteiger partial charge in [-0.3, -0.25) is 4.79 Å². The van der Waals surface area contributed by atoms with E-state index in [1.54, 1.807) is 18.2 Å². The Morgan fingerprint density at radius 1 is 1.33 bits per heavy atom. The summed E-state index contributed by atoms with van der Waals surface area (Å²) in [5.41, 5.74) is 5.39. The van der Waals surface area contributed by atoms with Crippen LogP contribution in [0.3, 0.4) is 0 Å². The lowest BCUT2D eigenvalue weighted by Crippen LogP contribution is -2.21. The normalized spacial score (nSPS) is 15.8. The average molecular weight is 209 g/mol. The van der Waals surface area contributed by atoms with Gasteiger partial charge >= 0.3 is 0 Å². The number of hydrogen-bond donors (Lipinski definition) is 2. The van der Waals surface area contributed by atoms with Gasteiger partial charge in [0, 0.05) is 0 Å². The summed E-state index contributed by atoms with van der Waals surface area (Å²) in [4.78, 5) is 10.8. The zero-order valence-electron chi connectivity index (χ0n) is 7.97. The number of carbonyl (C=O) groups is 1. The minimum atomic E-state index is -1.30. The third-order valence-electron chi connectivity index (χ3n) is 2.15. The highest BCUT2D eigenvalue weighted by molar-refractivity contribution is 5.80. The molecule has 0 spiro atoms. The second-order valence-corrected chi connectivity index (χ2v) is 3.21. The van der Waals surface area contributed by atoms with Crippen LogP contribution in [0.15, 0.2) is 18.2 Å². The van der Waals surface area contributed by atoms with Crippen LogP contribution in [0.4, 0.5) is 0 Å².